The fraction of sp³-hybridized carbons (Fsp3) is 0.357. The average molecular weight is 254 g/mol. The van der Waals surface area contributed by atoms with Gasteiger partial charge in [-0.1, -0.05) is 18.2 Å². The van der Waals surface area contributed by atoms with Gasteiger partial charge in [-0.2, -0.15) is 0 Å². The van der Waals surface area contributed by atoms with Crippen molar-refractivity contribution in [3.63, 3.8) is 0 Å². The van der Waals surface area contributed by atoms with E-state index in [-0.39, 0.29) is 18.6 Å². The van der Waals surface area contributed by atoms with E-state index >= 15 is 0 Å². The molecular weight excluding hydrogens is 238 g/mol. The third kappa shape index (κ3) is 2.94. The van der Waals surface area contributed by atoms with Crippen LogP contribution in [0.1, 0.15) is 19.4 Å². The minimum Gasteiger partial charge on any atom is -0.465 e. The van der Waals surface area contributed by atoms with Gasteiger partial charge in [0.05, 0.1) is 12.0 Å². The fourth-order valence-electron chi connectivity index (χ4n) is 1.60. The summed E-state index contributed by atoms with van der Waals surface area (Å²) in [5.74, 6) is -2.36. The Morgan fingerprint density at radius 3 is 2.72 bits per heavy atom. The summed E-state index contributed by atoms with van der Waals surface area (Å²) in [7, 11) is 0. The Morgan fingerprint density at radius 2 is 2.17 bits per heavy atom. The van der Waals surface area contributed by atoms with E-state index in [2.05, 4.69) is 6.58 Å². The monoisotopic (exact) mass is 254 g/mol. The number of hydrogen-bond donors (Lipinski definition) is 0. The highest BCUT2D eigenvalue weighted by molar-refractivity contribution is 5.79. The van der Waals surface area contributed by atoms with Crippen molar-refractivity contribution in [2.24, 2.45) is 5.41 Å². The molecule has 0 fully saturated rings. The predicted octanol–water partition coefficient (Wildman–Crippen LogP) is 3.26. The zero-order valence-electron chi connectivity index (χ0n) is 10.5. The Hall–Kier alpha value is -1.71. The summed E-state index contributed by atoms with van der Waals surface area (Å²) in [5, 5.41) is 0. The molecule has 1 atom stereocenters. The molecule has 0 spiro atoms. The van der Waals surface area contributed by atoms with Crippen LogP contribution in [0.4, 0.5) is 8.78 Å². The molecule has 1 rings (SSSR count). The summed E-state index contributed by atoms with van der Waals surface area (Å²) in [6.07, 6.45) is 1.41. The molecule has 0 aliphatic rings. The molecule has 0 N–H and O–H groups in total. The van der Waals surface area contributed by atoms with Gasteiger partial charge in [0.1, 0.15) is 0 Å². The van der Waals surface area contributed by atoms with Crippen LogP contribution in [0.5, 0.6) is 0 Å². The molecule has 0 aliphatic carbocycles. The van der Waals surface area contributed by atoms with Crippen molar-refractivity contribution in [2.75, 3.05) is 6.61 Å². The van der Waals surface area contributed by atoms with Crippen molar-refractivity contribution in [3.8, 4) is 0 Å². The number of esters is 1. The molecule has 1 aromatic rings. The molecular formula is C14H16F2O2. The van der Waals surface area contributed by atoms with Gasteiger partial charge >= 0.3 is 5.97 Å². The number of rotatable bonds is 5. The molecule has 0 bridgehead atoms. The number of benzene rings is 1. The minimum atomic E-state index is -1.06. The van der Waals surface area contributed by atoms with Gasteiger partial charge < -0.3 is 4.74 Å². The third-order valence-electron chi connectivity index (χ3n) is 2.78. The molecule has 2 nitrogen and oxygen atoms in total. The Kier molecular flexibility index (Phi) is 4.59. The zero-order valence-corrected chi connectivity index (χ0v) is 10.5. The van der Waals surface area contributed by atoms with E-state index in [0.29, 0.717) is 0 Å². The van der Waals surface area contributed by atoms with Crippen LogP contribution in [-0.4, -0.2) is 12.6 Å². The van der Waals surface area contributed by atoms with Crippen LogP contribution in [0.25, 0.3) is 0 Å². The number of hydrogen-bond acceptors (Lipinski definition) is 2. The van der Waals surface area contributed by atoms with Crippen molar-refractivity contribution < 1.29 is 18.3 Å². The van der Waals surface area contributed by atoms with Gasteiger partial charge in [-0.15, -0.1) is 6.58 Å². The number of carbonyl (C=O) groups excluding carboxylic acids is 1. The maximum atomic E-state index is 13.6. The fourth-order valence-corrected chi connectivity index (χ4v) is 1.60. The largest absolute Gasteiger partial charge is 0.465 e. The minimum absolute atomic E-state index is 0.0128. The molecule has 0 saturated carbocycles. The summed E-state index contributed by atoms with van der Waals surface area (Å²) in [5.41, 5.74) is -0.935. The van der Waals surface area contributed by atoms with Crippen LogP contribution in [0.15, 0.2) is 30.9 Å². The summed E-state index contributed by atoms with van der Waals surface area (Å²) < 4.78 is 31.6. The highest BCUT2D eigenvalue weighted by Gasteiger charge is 2.32. The van der Waals surface area contributed by atoms with Crippen LogP contribution in [0.2, 0.25) is 0 Å². The van der Waals surface area contributed by atoms with Gasteiger partial charge in [-0.25, -0.2) is 8.78 Å². The Morgan fingerprint density at radius 1 is 1.50 bits per heavy atom. The van der Waals surface area contributed by atoms with E-state index in [4.69, 9.17) is 4.74 Å². The molecule has 1 aromatic carbocycles. The van der Waals surface area contributed by atoms with E-state index in [1.54, 1.807) is 13.8 Å². The van der Waals surface area contributed by atoms with Crippen LogP contribution >= 0.6 is 0 Å². The zero-order chi connectivity index (χ0) is 13.8. The van der Waals surface area contributed by atoms with Crippen molar-refractivity contribution in [3.05, 3.63) is 48.1 Å². The van der Waals surface area contributed by atoms with Crippen molar-refractivity contribution in [1.82, 2.24) is 0 Å². The van der Waals surface area contributed by atoms with Crippen LogP contribution in [-0.2, 0) is 16.0 Å². The molecule has 98 valence electrons. The van der Waals surface area contributed by atoms with E-state index in [9.17, 15) is 13.6 Å². The van der Waals surface area contributed by atoms with Crippen LogP contribution < -0.4 is 0 Å². The maximum absolute atomic E-state index is 13.6. The first-order chi connectivity index (χ1) is 8.44. The molecule has 4 heteroatoms. The lowest BCUT2D eigenvalue weighted by Gasteiger charge is -2.23. The summed E-state index contributed by atoms with van der Waals surface area (Å²) >= 11 is 0. The Bertz CT molecular complexity index is 457. The molecule has 18 heavy (non-hydrogen) atoms. The normalized spacial score (nSPS) is 13.8. The van der Waals surface area contributed by atoms with Crippen molar-refractivity contribution in [1.29, 1.82) is 0 Å². The van der Waals surface area contributed by atoms with Crippen LogP contribution in [0, 0.1) is 17.0 Å². The number of carbonyl (C=O) groups is 1. The van der Waals surface area contributed by atoms with E-state index in [1.165, 1.54) is 18.2 Å². The lowest BCUT2D eigenvalue weighted by atomic mass is 9.83. The maximum Gasteiger partial charge on any atom is 0.315 e. The van der Waals surface area contributed by atoms with Crippen LogP contribution in [0.3, 0.4) is 0 Å². The summed E-state index contributed by atoms with van der Waals surface area (Å²) in [6, 6.07) is 3.89. The SMILES string of the molecule is C=CC(C)(Cc1cccc(F)c1F)C(=O)OCC. The molecule has 0 aliphatic heterocycles. The second kappa shape index (κ2) is 5.76. The second-order valence-electron chi connectivity index (χ2n) is 4.23. The highest BCUT2D eigenvalue weighted by Crippen LogP contribution is 2.27. The average Bonchev–Trinajstić information content (AvgIpc) is 2.35. The van der Waals surface area contributed by atoms with E-state index < -0.39 is 23.0 Å². The Balaban J connectivity index is 3.02. The molecule has 0 aromatic heterocycles. The Labute approximate surface area is 105 Å². The quantitative estimate of drug-likeness (QED) is 0.595. The topological polar surface area (TPSA) is 26.3 Å². The van der Waals surface area contributed by atoms with Gasteiger partial charge in [0.2, 0.25) is 0 Å². The standard InChI is InChI=1S/C14H16F2O2/c1-4-14(3,13(17)18-5-2)9-10-7-6-8-11(15)12(10)16/h4,6-8H,1,5,9H2,2-3H3. The number of halogens is 2. The summed E-state index contributed by atoms with van der Waals surface area (Å²) in [4.78, 5) is 11.8. The highest BCUT2D eigenvalue weighted by atomic mass is 19.2. The lowest BCUT2D eigenvalue weighted by Crippen LogP contribution is -2.30. The number of ether oxygens (including phenoxy) is 1. The molecule has 0 heterocycles. The van der Waals surface area contributed by atoms with Gasteiger partial charge in [-0.05, 0) is 31.9 Å². The first-order valence-electron chi connectivity index (χ1n) is 5.68. The van der Waals surface area contributed by atoms with Gasteiger partial charge in [0, 0.05) is 0 Å². The first-order valence-corrected chi connectivity index (χ1v) is 5.68. The lowest BCUT2D eigenvalue weighted by molar-refractivity contribution is -0.151. The van der Waals surface area contributed by atoms with Gasteiger partial charge in [0.15, 0.2) is 11.6 Å². The van der Waals surface area contributed by atoms with Crippen molar-refractivity contribution in [2.45, 2.75) is 20.3 Å². The molecule has 0 radical (unpaired) electrons. The smallest absolute Gasteiger partial charge is 0.315 e. The summed E-state index contributed by atoms with van der Waals surface area (Å²) in [6.45, 7) is 7.07. The van der Waals surface area contributed by atoms with Crippen molar-refractivity contribution >= 4 is 5.97 Å². The molecule has 0 saturated heterocycles. The van der Waals surface area contributed by atoms with Gasteiger partial charge in [0.25, 0.3) is 0 Å². The van der Waals surface area contributed by atoms with Gasteiger partial charge in [-0.3, -0.25) is 4.79 Å². The first kappa shape index (κ1) is 14.4. The predicted molar refractivity (Wildman–Crippen MR) is 65.0 cm³/mol. The van der Waals surface area contributed by atoms with E-state index in [1.807, 2.05) is 0 Å². The molecule has 0 amide bonds. The van der Waals surface area contributed by atoms with E-state index in [0.717, 1.165) is 6.07 Å². The second-order valence-corrected chi connectivity index (χ2v) is 4.23. The molecule has 1 unspecified atom stereocenters. The third-order valence-corrected chi connectivity index (χ3v) is 2.78.